The van der Waals surface area contributed by atoms with Crippen molar-refractivity contribution in [3.63, 3.8) is 0 Å². The lowest BCUT2D eigenvalue weighted by molar-refractivity contribution is -0.139. The van der Waals surface area contributed by atoms with Gasteiger partial charge in [0.1, 0.15) is 12.4 Å². The fraction of sp³-hybridized carbons (Fsp3) is 0.125. The van der Waals surface area contributed by atoms with Gasteiger partial charge in [0.15, 0.2) is 0 Å². The van der Waals surface area contributed by atoms with Gasteiger partial charge in [0, 0.05) is 21.2 Å². The van der Waals surface area contributed by atoms with Crippen molar-refractivity contribution in [2.45, 2.75) is 19.6 Å². The van der Waals surface area contributed by atoms with Crippen LogP contribution in [0.4, 0.5) is 0 Å². The number of benzene rings is 3. The topological polar surface area (TPSA) is 79.8 Å². The Bertz CT molecular complexity index is 1120. The molecule has 8 heteroatoms. The van der Waals surface area contributed by atoms with Crippen LogP contribution in [0.2, 0.25) is 10.0 Å². The van der Waals surface area contributed by atoms with Crippen LogP contribution in [0.5, 0.6) is 5.75 Å². The predicted molar refractivity (Wildman–Crippen MR) is 126 cm³/mol. The lowest BCUT2D eigenvalue weighted by Crippen LogP contribution is -2.39. The zero-order valence-electron chi connectivity index (χ0n) is 17.2. The van der Waals surface area contributed by atoms with Crippen LogP contribution in [-0.4, -0.2) is 18.0 Å². The highest BCUT2D eigenvalue weighted by molar-refractivity contribution is 6.35. The number of para-hydroxylation sites is 1. The van der Waals surface area contributed by atoms with Gasteiger partial charge in [0.25, 0.3) is 0 Å². The van der Waals surface area contributed by atoms with Crippen molar-refractivity contribution in [1.29, 1.82) is 0 Å². The molecule has 3 rings (SSSR count). The van der Waals surface area contributed by atoms with E-state index in [-0.39, 0.29) is 12.6 Å². The fourth-order valence-corrected chi connectivity index (χ4v) is 3.27. The van der Waals surface area contributed by atoms with Crippen LogP contribution in [0, 0.1) is 0 Å². The molecule has 1 atom stereocenters. The molecule has 3 aromatic rings. The van der Waals surface area contributed by atoms with Gasteiger partial charge in [0.2, 0.25) is 0 Å². The maximum Gasteiger partial charge on any atom is 0.329 e. The summed E-state index contributed by atoms with van der Waals surface area (Å²) in [4.78, 5) is 24.2. The van der Waals surface area contributed by atoms with Crippen LogP contribution >= 0.6 is 23.2 Å². The number of ether oxygens (including phenoxy) is 1. The van der Waals surface area contributed by atoms with Gasteiger partial charge < -0.3 is 10.1 Å². The molecule has 0 saturated carbocycles. The van der Waals surface area contributed by atoms with Crippen molar-refractivity contribution in [3.05, 3.63) is 99.5 Å². The Hall–Kier alpha value is -3.35. The van der Waals surface area contributed by atoms with Crippen molar-refractivity contribution in [2.75, 3.05) is 0 Å². The predicted octanol–water partition coefficient (Wildman–Crippen LogP) is 4.90. The first-order valence-electron chi connectivity index (χ1n) is 9.78. The summed E-state index contributed by atoms with van der Waals surface area (Å²) in [5, 5.41) is 7.56. The average molecular weight is 470 g/mol. The zero-order chi connectivity index (χ0) is 22.9. The van der Waals surface area contributed by atoms with Crippen molar-refractivity contribution in [2.24, 2.45) is 5.10 Å². The highest BCUT2D eigenvalue weighted by atomic mass is 35.5. The summed E-state index contributed by atoms with van der Waals surface area (Å²) in [7, 11) is 0. The lowest BCUT2D eigenvalue weighted by atomic mass is 10.1. The molecule has 0 spiro atoms. The zero-order valence-corrected chi connectivity index (χ0v) is 18.7. The molecule has 6 nitrogen and oxygen atoms in total. The molecule has 164 valence electrons. The van der Waals surface area contributed by atoms with E-state index in [1.54, 1.807) is 43.3 Å². The van der Waals surface area contributed by atoms with Gasteiger partial charge in [-0.05, 0) is 36.8 Å². The first kappa shape index (κ1) is 23.3. The number of amides is 2. The minimum Gasteiger partial charge on any atom is -0.488 e. The molecule has 2 amide bonds. The van der Waals surface area contributed by atoms with E-state index in [0.29, 0.717) is 21.4 Å². The summed E-state index contributed by atoms with van der Waals surface area (Å²) in [6.45, 7) is 2.03. The third kappa shape index (κ3) is 6.57. The lowest BCUT2D eigenvalue weighted by Gasteiger charge is -2.13. The second-order valence-corrected chi connectivity index (χ2v) is 7.71. The SMILES string of the molecule is C[C@H](NC(=O)C(=O)N/N=C\c1ccccc1OCc1ccc(Cl)cc1Cl)c1ccccc1. The smallest absolute Gasteiger partial charge is 0.329 e. The minimum atomic E-state index is -0.865. The summed E-state index contributed by atoms with van der Waals surface area (Å²) in [5.41, 5.74) is 4.52. The molecule has 0 radical (unpaired) electrons. The maximum atomic E-state index is 12.1. The van der Waals surface area contributed by atoms with Crippen molar-refractivity contribution in [3.8, 4) is 5.75 Å². The molecule has 0 unspecified atom stereocenters. The van der Waals surface area contributed by atoms with E-state index in [1.807, 2.05) is 36.4 Å². The summed E-state index contributed by atoms with van der Waals surface area (Å²) in [5.74, 6) is -1.10. The Kier molecular flexibility index (Phi) is 8.25. The number of hydrogen-bond acceptors (Lipinski definition) is 4. The van der Waals surface area contributed by atoms with Gasteiger partial charge >= 0.3 is 11.8 Å². The van der Waals surface area contributed by atoms with Crippen LogP contribution < -0.4 is 15.5 Å². The van der Waals surface area contributed by atoms with Crippen LogP contribution in [0.1, 0.15) is 29.7 Å². The van der Waals surface area contributed by atoms with Gasteiger partial charge in [-0.15, -0.1) is 0 Å². The Morgan fingerprint density at radius 3 is 2.47 bits per heavy atom. The molecular weight excluding hydrogens is 449 g/mol. The van der Waals surface area contributed by atoms with Gasteiger partial charge in [-0.3, -0.25) is 9.59 Å². The Morgan fingerprint density at radius 1 is 1.00 bits per heavy atom. The molecule has 32 heavy (non-hydrogen) atoms. The van der Waals surface area contributed by atoms with E-state index in [4.69, 9.17) is 27.9 Å². The standard InChI is InChI=1S/C24H21Cl2N3O3/c1-16(17-7-3-2-4-8-17)28-23(30)24(31)29-27-14-18-9-5-6-10-22(18)32-15-19-11-12-20(25)13-21(19)26/h2-14,16H,15H2,1H3,(H,28,30)(H,29,31)/b27-14-/t16-/m0/s1. The fourth-order valence-electron chi connectivity index (χ4n) is 2.81. The molecule has 2 N–H and O–H groups in total. The largest absolute Gasteiger partial charge is 0.488 e. The number of carbonyl (C=O) groups excluding carboxylic acids is 2. The van der Waals surface area contributed by atoms with E-state index >= 15 is 0 Å². The molecule has 0 fully saturated rings. The Morgan fingerprint density at radius 2 is 1.72 bits per heavy atom. The first-order valence-corrected chi connectivity index (χ1v) is 10.5. The van der Waals surface area contributed by atoms with E-state index in [9.17, 15) is 9.59 Å². The molecule has 0 heterocycles. The van der Waals surface area contributed by atoms with E-state index in [2.05, 4.69) is 15.8 Å². The summed E-state index contributed by atoms with van der Waals surface area (Å²) >= 11 is 12.1. The van der Waals surface area contributed by atoms with Crippen LogP contribution in [-0.2, 0) is 16.2 Å². The highest BCUT2D eigenvalue weighted by Crippen LogP contribution is 2.24. The summed E-state index contributed by atoms with van der Waals surface area (Å²) in [6.07, 6.45) is 1.41. The van der Waals surface area contributed by atoms with Crippen LogP contribution in [0.3, 0.4) is 0 Å². The molecular formula is C24H21Cl2N3O3. The normalized spacial score (nSPS) is 11.7. The second-order valence-electron chi connectivity index (χ2n) is 6.87. The van der Waals surface area contributed by atoms with E-state index < -0.39 is 11.8 Å². The molecule has 3 aromatic carbocycles. The van der Waals surface area contributed by atoms with Crippen molar-refractivity contribution in [1.82, 2.24) is 10.7 Å². The van der Waals surface area contributed by atoms with Gasteiger partial charge in [-0.1, -0.05) is 71.7 Å². The van der Waals surface area contributed by atoms with Crippen molar-refractivity contribution < 1.29 is 14.3 Å². The third-order valence-corrected chi connectivity index (χ3v) is 5.13. The quantitative estimate of drug-likeness (QED) is 0.293. The number of rotatable bonds is 7. The van der Waals surface area contributed by atoms with Gasteiger partial charge in [0.05, 0.1) is 12.3 Å². The number of hydrazone groups is 1. The highest BCUT2D eigenvalue weighted by Gasteiger charge is 2.16. The van der Waals surface area contributed by atoms with Gasteiger partial charge in [-0.25, -0.2) is 5.43 Å². The van der Waals surface area contributed by atoms with Gasteiger partial charge in [-0.2, -0.15) is 5.10 Å². The van der Waals surface area contributed by atoms with Crippen LogP contribution in [0.15, 0.2) is 77.9 Å². The number of carbonyl (C=O) groups is 2. The maximum absolute atomic E-state index is 12.1. The number of nitrogens with one attached hydrogen (secondary N) is 2. The summed E-state index contributed by atoms with van der Waals surface area (Å²) in [6, 6.07) is 21.4. The number of halogens is 2. The minimum absolute atomic E-state index is 0.229. The van der Waals surface area contributed by atoms with E-state index in [1.165, 1.54) is 6.21 Å². The number of hydrogen-bond donors (Lipinski definition) is 2. The first-order chi connectivity index (χ1) is 15.4. The van der Waals surface area contributed by atoms with Crippen LogP contribution in [0.25, 0.3) is 0 Å². The molecule has 0 aliphatic carbocycles. The van der Waals surface area contributed by atoms with E-state index in [0.717, 1.165) is 11.1 Å². The second kappa shape index (κ2) is 11.3. The molecule has 0 aromatic heterocycles. The summed E-state index contributed by atoms with van der Waals surface area (Å²) < 4.78 is 5.84. The average Bonchev–Trinajstić information content (AvgIpc) is 2.79. The molecule has 0 saturated heterocycles. The molecule has 0 aliphatic rings. The Balaban J connectivity index is 1.57. The monoisotopic (exact) mass is 469 g/mol. The molecule has 0 bridgehead atoms. The Labute approximate surface area is 196 Å². The third-order valence-electron chi connectivity index (χ3n) is 4.54. The van der Waals surface area contributed by atoms with Crippen molar-refractivity contribution >= 4 is 41.2 Å². The molecule has 0 aliphatic heterocycles. The number of nitrogens with zero attached hydrogens (tertiary/aromatic N) is 1.